The molecule has 0 bridgehead atoms. The molecule has 5 aromatic rings. The summed E-state index contributed by atoms with van der Waals surface area (Å²) in [5, 5.41) is 0. The first-order valence-corrected chi connectivity index (χ1v) is 12.3. The number of hydrogen-bond acceptors (Lipinski definition) is 0. The first-order chi connectivity index (χ1) is 17.3. The van der Waals surface area contributed by atoms with Gasteiger partial charge in [0.1, 0.15) is 0 Å². The average molecular weight is 451 g/mol. The first-order valence-electron chi connectivity index (χ1n) is 12.3. The Kier molecular flexibility index (Phi) is 7.31. The van der Waals surface area contributed by atoms with E-state index >= 15 is 0 Å². The zero-order valence-corrected chi connectivity index (χ0v) is 20.0. The van der Waals surface area contributed by atoms with Crippen molar-refractivity contribution < 1.29 is 0 Å². The van der Waals surface area contributed by atoms with Crippen molar-refractivity contribution in [3.63, 3.8) is 0 Å². The third kappa shape index (κ3) is 6.05. The second-order valence-electron chi connectivity index (χ2n) is 9.00. The number of benzene rings is 5. The standard InChI is InChI=1S/C35H30/c1-5-13-28(14-6-1)21-22-32-23-24-33(25-29-15-7-2-8-16-29)35(27-31-19-11-4-12-20-31)34(32)26-30-17-9-3-10-18-30/h1-24H,25-27H2. The Morgan fingerprint density at radius 2 is 0.829 bits per heavy atom. The van der Waals surface area contributed by atoms with Crippen LogP contribution in [0.15, 0.2) is 133 Å². The fourth-order valence-corrected chi connectivity index (χ4v) is 4.68. The minimum absolute atomic E-state index is 0.917. The molecule has 0 amide bonds. The predicted molar refractivity (Wildman–Crippen MR) is 150 cm³/mol. The molecular formula is C35H30. The van der Waals surface area contributed by atoms with Crippen molar-refractivity contribution in [2.45, 2.75) is 19.3 Å². The van der Waals surface area contributed by atoms with Crippen LogP contribution < -0.4 is 0 Å². The van der Waals surface area contributed by atoms with E-state index in [0.29, 0.717) is 0 Å². The summed E-state index contributed by atoms with van der Waals surface area (Å²) < 4.78 is 0. The zero-order valence-electron chi connectivity index (χ0n) is 20.0. The smallest absolute Gasteiger partial charge is 0.00169 e. The Hall–Kier alpha value is -4.16. The maximum atomic E-state index is 2.34. The summed E-state index contributed by atoms with van der Waals surface area (Å²) in [6.07, 6.45) is 7.30. The van der Waals surface area contributed by atoms with Gasteiger partial charge in [0, 0.05) is 0 Å². The lowest BCUT2D eigenvalue weighted by Crippen LogP contribution is -2.06. The number of hydrogen-bond donors (Lipinski definition) is 0. The number of rotatable bonds is 8. The van der Waals surface area contributed by atoms with Crippen LogP contribution in [0.4, 0.5) is 0 Å². The van der Waals surface area contributed by atoms with Gasteiger partial charge in [-0.2, -0.15) is 0 Å². The van der Waals surface area contributed by atoms with E-state index in [1.54, 1.807) is 0 Å². The summed E-state index contributed by atoms with van der Waals surface area (Å²) in [6, 6.07) is 47.7. The molecule has 0 aliphatic rings. The molecule has 0 N–H and O–H groups in total. The molecule has 0 nitrogen and oxygen atoms in total. The molecule has 170 valence electrons. The maximum absolute atomic E-state index is 2.34. The summed E-state index contributed by atoms with van der Waals surface area (Å²) in [7, 11) is 0. The largest absolute Gasteiger partial charge is 0.0622 e. The summed E-state index contributed by atoms with van der Waals surface area (Å²) in [5.74, 6) is 0. The molecule has 0 heteroatoms. The Bertz CT molecular complexity index is 1370. The highest BCUT2D eigenvalue weighted by Crippen LogP contribution is 2.29. The van der Waals surface area contributed by atoms with Crippen molar-refractivity contribution in [2.24, 2.45) is 0 Å². The summed E-state index contributed by atoms with van der Waals surface area (Å²) in [4.78, 5) is 0. The van der Waals surface area contributed by atoms with E-state index in [-0.39, 0.29) is 0 Å². The van der Waals surface area contributed by atoms with Crippen LogP contribution in [0.5, 0.6) is 0 Å². The minimum Gasteiger partial charge on any atom is -0.0622 e. The molecule has 0 fully saturated rings. The molecule has 0 unspecified atom stereocenters. The van der Waals surface area contributed by atoms with Crippen LogP contribution in [0.25, 0.3) is 12.2 Å². The zero-order chi connectivity index (χ0) is 23.7. The third-order valence-electron chi connectivity index (χ3n) is 6.50. The lowest BCUT2D eigenvalue weighted by Gasteiger charge is -2.19. The Morgan fingerprint density at radius 1 is 0.371 bits per heavy atom. The molecule has 35 heavy (non-hydrogen) atoms. The fourth-order valence-electron chi connectivity index (χ4n) is 4.68. The molecule has 0 aliphatic carbocycles. The van der Waals surface area contributed by atoms with Gasteiger partial charge in [-0.15, -0.1) is 0 Å². The molecule has 0 spiro atoms. The third-order valence-corrected chi connectivity index (χ3v) is 6.50. The summed E-state index contributed by atoms with van der Waals surface area (Å²) >= 11 is 0. The molecule has 5 rings (SSSR count). The van der Waals surface area contributed by atoms with Gasteiger partial charge in [-0.05, 0) is 63.8 Å². The highest BCUT2D eigenvalue weighted by Gasteiger charge is 2.14. The quantitative estimate of drug-likeness (QED) is 0.208. The van der Waals surface area contributed by atoms with Crippen LogP contribution >= 0.6 is 0 Å². The van der Waals surface area contributed by atoms with Crippen molar-refractivity contribution in [3.8, 4) is 0 Å². The molecule has 0 aliphatic heterocycles. The Balaban J connectivity index is 1.63. The second kappa shape index (κ2) is 11.3. The van der Waals surface area contributed by atoms with Gasteiger partial charge in [-0.3, -0.25) is 0 Å². The van der Waals surface area contributed by atoms with Gasteiger partial charge in [0.25, 0.3) is 0 Å². The van der Waals surface area contributed by atoms with E-state index < -0.39 is 0 Å². The van der Waals surface area contributed by atoms with Crippen LogP contribution in [0, 0.1) is 0 Å². The topological polar surface area (TPSA) is 0 Å². The van der Waals surface area contributed by atoms with E-state index in [4.69, 9.17) is 0 Å². The van der Waals surface area contributed by atoms with Gasteiger partial charge in [0.15, 0.2) is 0 Å². The van der Waals surface area contributed by atoms with Crippen LogP contribution in [0.3, 0.4) is 0 Å². The van der Waals surface area contributed by atoms with Gasteiger partial charge < -0.3 is 0 Å². The van der Waals surface area contributed by atoms with Gasteiger partial charge in [0.05, 0.1) is 0 Å². The average Bonchev–Trinajstić information content (AvgIpc) is 2.92. The Morgan fingerprint density at radius 3 is 1.37 bits per heavy atom. The molecule has 0 aromatic heterocycles. The van der Waals surface area contributed by atoms with Gasteiger partial charge in [-0.1, -0.05) is 146 Å². The molecule has 0 saturated heterocycles. The lowest BCUT2D eigenvalue weighted by atomic mass is 9.85. The molecule has 0 atom stereocenters. The van der Waals surface area contributed by atoms with Crippen molar-refractivity contribution >= 4 is 12.2 Å². The van der Waals surface area contributed by atoms with Gasteiger partial charge in [0.2, 0.25) is 0 Å². The summed E-state index contributed by atoms with van der Waals surface area (Å²) in [6.45, 7) is 0. The highest BCUT2D eigenvalue weighted by atomic mass is 14.2. The van der Waals surface area contributed by atoms with Gasteiger partial charge in [-0.25, -0.2) is 0 Å². The van der Waals surface area contributed by atoms with Gasteiger partial charge >= 0.3 is 0 Å². The predicted octanol–water partition coefficient (Wildman–Crippen LogP) is 8.63. The SMILES string of the molecule is C(=Cc1ccc(Cc2ccccc2)c(Cc2ccccc2)c1Cc1ccccc1)c1ccccc1. The van der Waals surface area contributed by atoms with Crippen molar-refractivity contribution in [3.05, 3.63) is 178 Å². The molecule has 0 saturated carbocycles. The van der Waals surface area contributed by atoms with Crippen LogP contribution in [0.2, 0.25) is 0 Å². The van der Waals surface area contributed by atoms with E-state index in [0.717, 1.165) is 19.3 Å². The monoisotopic (exact) mass is 450 g/mol. The van der Waals surface area contributed by atoms with Crippen molar-refractivity contribution in [1.29, 1.82) is 0 Å². The normalized spacial score (nSPS) is 11.1. The van der Waals surface area contributed by atoms with Crippen LogP contribution in [-0.4, -0.2) is 0 Å². The molecule has 0 heterocycles. The molecular weight excluding hydrogens is 420 g/mol. The Labute approximate surface area is 209 Å². The highest BCUT2D eigenvalue weighted by molar-refractivity contribution is 5.72. The van der Waals surface area contributed by atoms with E-state index in [9.17, 15) is 0 Å². The first kappa shape index (κ1) is 22.6. The van der Waals surface area contributed by atoms with E-state index in [2.05, 4.69) is 146 Å². The van der Waals surface area contributed by atoms with Crippen LogP contribution in [0.1, 0.15) is 44.5 Å². The minimum atomic E-state index is 0.917. The summed E-state index contributed by atoms with van der Waals surface area (Å²) in [5.41, 5.74) is 10.8. The van der Waals surface area contributed by atoms with Crippen molar-refractivity contribution in [2.75, 3.05) is 0 Å². The molecule has 5 aromatic carbocycles. The van der Waals surface area contributed by atoms with E-state index in [1.165, 1.54) is 44.5 Å². The van der Waals surface area contributed by atoms with E-state index in [1.807, 2.05) is 0 Å². The fraction of sp³-hybridized carbons (Fsp3) is 0.0857. The van der Waals surface area contributed by atoms with Crippen molar-refractivity contribution in [1.82, 2.24) is 0 Å². The van der Waals surface area contributed by atoms with Crippen LogP contribution in [-0.2, 0) is 19.3 Å². The second-order valence-corrected chi connectivity index (χ2v) is 9.00. The lowest BCUT2D eigenvalue weighted by molar-refractivity contribution is 1.03. The maximum Gasteiger partial charge on any atom is -0.00169 e. The molecule has 0 radical (unpaired) electrons.